The van der Waals surface area contributed by atoms with E-state index in [0.29, 0.717) is 0 Å². The molecular weight excluding hydrogens is 174 g/mol. The molecule has 1 unspecified atom stereocenters. The molecule has 0 bridgehead atoms. The van der Waals surface area contributed by atoms with Crippen molar-refractivity contribution in [2.75, 3.05) is 7.05 Å². The van der Waals surface area contributed by atoms with Crippen molar-refractivity contribution in [3.63, 3.8) is 0 Å². The van der Waals surface area contributed by atoms with Crippen LogP contribution in [0.15, 0.2) is 12.5 Å². The van der Waals surface area contributed by atoms with E-state index in [2.05, 4.69) is 34.9 Å². The summed E-state index contributed by atoms with van der Waals surface area (Å²) in [4.78, 5) is 4.32. The molecule has 0 saturated carbocycles. The van der Waals surface area contributed by atoms with Crippen molar-refractivity contribution < 1.29 is 0 Å². The number of aromatic nitrogens is 2. The molecule has 1 aromatic rings. The van der Waals surface area contributed by atoms with Crippen LogP contribution in [0.25, 0.3) is 0 Å². The van der Waals surface area contributed by atoms with Crippen molar-refractivity contribution in [1.29, 1.82) is 0 Å². The maximum absolute atomic E-state index is 4.32. The van der Waals surface area contributed by atoms with E-state index in [9.17, 15) is 0 Å². The van der Waals surface area contributed by atoms with Crippen LogP contribution in [0.3, 0.4) is 0 Å². The molecule has 0 aliphatic carbocycles. The first-order valence-corrected chi connectivity index (χ1v) is 5.41. The zero-order valence-electron chi connectivity index (χ0n) is 9.45. The monoisotopic (exact) mass is 195 g/mol. The van der Waals surface area contributed by atoms with E-state index in [1.165, 1.54) is 12.8 Å². The molecule has 0 saturated heterocycles. The second-order valence-corrected chi connectivity index (χ2v) is 3.99. The summed E-state index contributed by atoms with van der Waals surface area (Å²) in [5.41, 5.74) is 1.12. The molecule has 1 N–H and O–H groups in total. The minimum absolute atomic E-state index is 0.747. The molecule has 0 aliphatic heterocycles. The van der Waals surface area contributed by atoms with Crippen molar-refractivity contribution in [3.05, 3.63) is 18.2 Å². The van der Waals surface area contributed by atoms with E-state index in [1.54, 1.807) is 0 Å². The first-order valence-electron chi connectivity index (χ1n) is 5.41. The molecule has 80 valence electrons. The lowest BCUT2D eigenvalue weighted by Gasteiger charge is -2.09. The summed E-state index contributed by atoms with van der Waals surface area (Å²) >= 11 is 0. The summed E-state index contributed by atoms with van der Waals surface area (Å²) in [5.74, 6) is 0.747. The average molecular weight is 195 g/mol. The SMILES string of the molecule is CCCC(C)Cn1cnc(CNC)c1. The van der Waals surface area contributed by atoms with Gasteiger partial charge in [0.25, 0.3) is 0 Å². The maximum Gasteiger partial charge on any atom is 0.0950 e. The Hall–Kier alpha value is -0.830. The Balaban J connectivity index is 2.42. The zero-order chi connectivity index (χ0) is 10.4. The Labute approximate surface area is 86.5 Å². The molecule has 3 nitrogen and oxygen atoms in total. The van der Waals surface area contributed by atoms with Crippen LogP contribution in [-0.2, 0) is 13.1 Å². The highest BCUT2D eigenvalue weighted by atomic mass is 15.0. The quantitative estimate of drug-likeness (QED) is 0.752. The van der Waals surface area contributed by atoms with Gasteiger partial charge < -0.3 is 9.88 Å². The van der Waals surface area contributed by atoms with Crippen LogP contribution >= 0.6 is 0 Å². The molecule has 0 aliphatic rings. The van der Waals surface area contributed by atoms with Gasteiger partial charge >= 0.3 is 0 Å². The van der Waals surface area contributed by atoms with Crippen LogP contribution < -0.4 is 5.32 Å². The molecule has 0 spiro atoms. The fraction of sp³-hybridized carbons (Fsp3) is 0.727. The third-order valence-electron chi connectivity index (χ3n) is 2.35. The standard InChI is InChI=1S/C11H21N3/c1-4-5-10(2)7-14-8-11(6-12-3)13-9-14/h8-10,12H,4-7H2,1-3H3. The molecule has 1 aromatic heterocycles. The van der Waals surface area contributed by atoms with Gasteiger partial charge in [-0.1, -0.05) is 20.3 Å². The predicted octanol–water partition coefficient (Wildman–Crippen LogP) is 2.04. The molecule has 14 heavy (non-hydrogen) atoms. The fourth-order valence-corrected chi connectivity index (χ4v) is 1.72. The van der Waals surface area contributed by atoms with Crippen molar-refractivity contribution in [2.45, 2.75) is 39.8 Å². The Morgan fingerprint density at radius 3 is 3.00 bits per heavy atom. The minimum Gasteiger partial charge on any atom is -0.337 e. The van der Waals surface area contributed by atoms with Crippen LogP contribution in [0.2, 0.25) is 0 Å². The van der Waals surface area contributed by atoms with Gasteiger partial charge in [-0.3, -0.25) is 0 Å². The van der Waals surface area contributed by atoms with Crippen molar-refractivity contribution in [3.8, 4) is 0 Å². The maximum atomic E-state index is 4.32. The highest BCUT2D eigenvalue weighted by molar-refractivity contribution is 4.95. The topological polar surface area (TPSA) is 29.9 Å². The number of hydrogen-bond donors (Lipinski definition) is 1. The molecule has 1 heterocycles. The molecule has 0 radical (unpaired) electrons. The molecule has 0 amide bonds. The number of nitrogens with zero attached hydrogens (tertiary/aromatic N) is 2. The molecule has 0 fully saturated rings. The molecule has 0 aromatic carbocycles. The number of rotatable bonds is 6. The number of hydrogen-bond acceptors (Lipinski definition) is 2. The van der Waals surface area contributed by atoms with Crippen molar-refractivity contribution in [2.24, 2.45) is 5.92 Å². The van der Waals surface area contributed by atoms with E-state index >= 15 is 0 Å². The second-order valence-electron chi connectivity index (χ2n) is 3.99. The van der Waals surface area contributed by atoms with Gasteiger partial charge in [0.2, 0.25) is 0 Å². The summed E-state index contributed by atoms with van der Waals surface area (Å²) < 4.78 is 2.19. The Morgan fingerprint density at radius 2 is 2.36 bits per heavy atom. The van der Waals surface area contributed by atoms with E-state index in [4.69, 9.17) is 0 Å². The van der Waals surface area contributed by atoms with E-state index in [0.717, 1.165) is 24.7 Å². The van der Waals surface area contributed by atoms with E-state index in [1.807, 2.05) is 13.4 Å². The summed E-state index contributed by atoms with van der Waals surface area (Å²) in [6.07, 6.45) is 6.61. The fourth-order valence-electron chi connectivity index (χ4n) is 1.72. The summed E-state index contributed by atoms with van der Waals surface area (Å²) in [7, 11) is 1.94. The highest BCUT2D eigenvalue weighted by Gasteiger charge is 2.03. The Kier molecular flexibility index (Phi) is 4.66. The van der Waals surface area contributed by atoms with Gasteiger partial charge in [-0.05, 0) is 19.4 Å². The van der Waals surface area contributed by atoms with Gasteiger partial charge in [-0.25, -0.2) is 4.98 Å². The first-order chi connectivity index (χ1) is 6.76. The van der Waals surface area contributed by atoms with Gasteiger partial charge in [0.1, 0.15) is 0 Å². The zero-order valence-corrected chi connectivity index (χ0v) is 9.45. The normalized spacial score (nSPS) is 13.1. The van der Waals surface area contributed by atoms with Crippen molar-refractivity contribution >= 4 is 0 Å². The van der Waals surface area contributed by atoms with Crippen molar-refractivity contribution in [1.82, 2.24) is 14.9 Å². The van der Waals surface area contributed by atoms with Crippen LogP contribution in [0.4, 0.5) is 0 Å². The lowest BCUT2D eigenvalue weighted by molar-refractivity contribution is 0.445. The third kappa shape index (κ3) is 3.50. The van der Waals surface area contributed by atoms with Gasteiger partial charge in [-0.15, -0.1) is 0 Å². The Bertz CT molecular complexity index is 255. The van der Waals surface area contributed by atoms with E-state index < -0.39 is 0 Å². The smallest absolute Gasteiger partial charge is 0.0950 e. The van der Waals surface area contributed by atoms with Crippen LogP contribution in [-0.4, -0.2) is 16.6 Å². The summed E-state index contributed by atoms with van der Waals surface area (Å²) in [6.45, 7) is 6.47. The third-order valence-corrected chi connectivity index (χ3v) is 2.35. The lowest BCUT2D eigenvalue weighted by atomic mass is 10.1. The number of imidazole rings is 1. The second kappa shape index (κ2) is 5.81. The van der Waals surface area contributed by atoms with Gasteiger partial charge in [0, 0.05) is 19.3 Å². The molecule has 3 heteroatoms. The first kappa shape index (κ1) is 11.2. The summed E-state index contributed by atoms with van der Waals surface area (Å²) in [6, 6.07) is 0. The molecule has 1 atom stereocenters. The average Bonchev–Trinajstić information content (AvgIpc) is 2.53. The molecular formula is C11H21N3. The lowest BCUT2D eigenvalue weighted by Crippen LogP contribution is -2.06. The van der Waals surface area contributed by atoms with Gasteiger partial charge in [0.05, 0.1) is 12.0 Å². The van der Waals surface area contributed by atoms with Crippen LogP contribution in [0.1, 0.15) is 32.4 Å². The largest absolute Gasteiger partial charge is 0.337 e. The minimum atomic E-state index is 0.747. The van der Waals surface area contributed by atoms with Crippen LogP contribution in [0, 0.1) is 5.92 Å². The summed E-state index contributed by atoms with van der Waals surface area (Å²) in [5, 5.41) is 3.10. The number of nitrogens with one attached hydrogen (secondary N) is 1. The Morgan fingerprint density at radius 1 is 1.57 bits per heavy atom. The highest BCUT2D eigenvalue weighted by Crippen LogP contribution is 2.08. The molecule has 1 rings (SSSR count). The van der Waals surface area contributed by atoms with Crippen LogP contribution in [0.5, 0.6) is 0 Å². The van der Waals surface area contributed by atoms with E-state index in [-0.39, 0.29) is 0 Å². The predicted molar refractivity (Wildman–Crippen MR) is 59.1 cm³/mol. The van der Waals surface area contributed by atoms with Gasteiger partial charge in [0.15, 0.2) is 0 Å². The van der Waals surface area contributed by atoms with Gasteiger partial charge in [-0.2, -0.15) is 0 Å².